The molecule has 18 heavy (non-hydrogen) atoms. The number of rotatable bonds is 6. The zero-order chi connectivity index (χ0) is 12.8. The summed E-state index contributed by atoms with van der Waals surface area (Å²) in [5.74, 6) is 0. The van der Waals surface area contributed by atoms with Crippen molar-refractivity contribution >= 4 is 17.4 Å². The van der Waals surface area contributed by atoms with E-state index in [4.69, 9.17) is 0 Å². The Hall–Kier alpha value is -1.35. The van der Waals surface area contributed by atoms with Crippen LogP contribution in [0, 0.1) is 0 Å². The smallest absolute Gasteiger partial charge is 0.0553 e. The summed E-state index contributed by atoms with van der Waals surface area (Å²) in [4.78, 5) is 1.30. The van der Waals surface area contributed by atoms with Gasteiger partial charge in [0.15, 0.2) is 0 Å². The molecule has 0 saturated carbocycles. The molecule has 2 rings (SSSR count). The van der Waals surface area contributed by atoms with Gasteiger partial charge in [-0.25, -0.2) is 0 Å². The Labute approximate surface area is 113 Å². The molecule has 0 unspecified atom stereocenters. The van der Waals surface area contributed by atoms with Crippen LogP contribution in [0.25, 0.3) is 0 Å². The van der Waals surface area contributed by atoms with Crippen molar-refractivity contribution in [3.8, 4) is 0 Å². The second-order valence-corrected chi connectivity index (χ2v) is 5.09. The van der Waals surface area contributed by atoms with E-state index in [-0.39, 0.29) is 0 Å². The third-order valence-electron chi connectivity index (χ3n) is 2.95. The van der Waals surface area contributed by atoms with Gasteiger partial charge < -0.3 is 9.88 Å². The van der Waals surface area contributed by atoms with Crippen molar-refractivity contribution in [2.24, 2.45) is 0 Å². The molecule has 96 valence electrons. The molecule has 1 N–H and O–H groups in total. The van der Waals surface area contributed by atoms with E-state index in [1.807, 2.05) is 0 Å². The zero-order valence-electron chi connectivity index (χ0n) is 11.0. The Kier molecular flexibility index (Phi) is 4.76. The van der Waals surface area contributed by atoms with Crippen LogP contribution in [-0.2, 0) is 13.1 Å². The van der Waals surface area contributed by atoms with E-state index < -0.39 is 0 Å². The van der Waals surface area contributed by atoms with Crippen molar-refractivity contribution in [1.29, 1.82) is 0 Å². The molecule has 0 saturated heterocycles. The predicted octanol–water partition coefficient (Wildman–Crippen LogP) is 4.23. The van der Waals surface area contributed by atoms with Crippen LogP contribution in [0.15, 0.2) is 47.5 Å². The molecule has 0 aliphatic carbocycles. The van der Waals surface area contributed by atoms with E-state index in [1.54, 1.807) is 11.8 Å². The molecule has 0 fully saturated rings. The Morgan fingerprint density at radius 2 is 2.00 bits per heavy atom. The first-order valence-electron chi connectivity index (χ1n) is 6.36. The number of hydrogen-bond donors (Lipinski definition) is 1. The van der Waals surface area contributed by atoms with E-state index in [2.05, 4.69) is 65.7 Å². The van der Waals surface area contributed by atoms with Gasteiger partial charge in [-0.2, -0.15) is 0 Å². The van der Waals surface area contributed by atoms with E-state index >= 15 is 0 Å². The lowest BCUT2D eigenvalue weighted by atomic mass is 10.3. The first kappa shape index (κ1) is 13.1. The average molecular weight is 260 g/mol. The average Bonchev–Trinajstić information content (AvgIpc) is 2.84. The molecule has 1 aromatic heterocycles. The van der Waals surface area contributed by atoms with Gasteiger partial charge >= 0.3 is 0 Å². The van der Waals surface area contributed by atoms with Gasteiger partial charge in [0.2, 0.25) is 0 Å². The third-order valence-corrected chi connectivity index (χ3v) is 3.75. The highest BCUT2D eigenvalue weighted by Gasteiger charge is 2.02. The van der Waals surface area contributed by atoms with Crippen LogP contribution in [-0.4, -0.2) is 10.8 Å². The first-order valence-corrected chi connectivity index (χ1v) is 7.58. The van der Waals surface area contributed by atoms with Crippen LogP contribution in [0.3, 0.4) is 0 Å². The second kappa shape index (κ2) is 6.55. The number of para-hydroxylation sites is 1. The monoisotopic (exact) mass is 260 g/mol. The molecule has 0 amide bonds. The van der Waals surface area contributed by atoms with Gasteiger partial charge in [0.05, 0.1) is 6.54 Å². The highest BCUT2D eigenvalue weighted by molar-refractivity contribution is 7.98. The Bertz CT molecular complexity index is 491. The summed E-state index contributed by atoms with van der Waals surface area (Å²) < 4.78 is 2.31. The Morgan fingerprint density at radius 1 is 1.17 bits per heavy atom. The van der Waals surface area contributed by atoms with Crippen molar-refractivity contribution in [3.05, 3.63) is 48.3 Å². The maximum atomic E-state index is 3.52. The normalized spacial score (nSPS) is 10.6. The molecule has 0 atom stereocenters. The van der Waals surface area contributed by atoms with Crippen LogP contribution in [0.2, 0.25) is 0 Å². The number of benzene rings is 1. The SMILES string of the molecule is CCCn1cccc1CNc1ccccc1SC. The molecule has 0 bridgehead atoms. The van der Waals surface area contributed by atoms with Crippen LogP contribution >= 0.6 is 11.8 Å². The van der Waals surface area contributed by atoms with E-state index in [9.17, 15) is 0 Å². The molecular formula is C15H20N2S. The van der Waals surface area contributed by atoms with Gasteiger partial charge in [0.1, 0.15) is 0 Å². The van der Waals surface area contributed by atoms with Gasteiger partial charge in [-0.15, -0.1) is 11.8 Å². The first-order chi connectivity index (χ1) is 8.85. The molecule has 3 heteroatoms. The summed E-state index contributed by atoms with van der Waals surface area (Å²) in [6.07, 6.45) is 5.43. The number of nitrogens with zero attached hydrogens (tertiary/aromatic N) is 1. The van der Waals surface area contributed by atoms with E-state index in [0.717, 1.165) is 13.1 Å². The van der Waals surface area contributed by atoms with E-state index in [0.29, 0.717) is 0 Å². The molecule has 1 aromatic carbocycles. The Morgan fingerprint density at radius 3 is 2.78 bits per heavy atom. The minimum Gasteiger partial charge on any atom is -0.379 e. The molecule has 2 nitrogen and oxygen atoms in total. The summed E-state index contributed by atoms with van der Waals surface area (Å²) in [6.45, 7) is 4.18. The summed E-state index contributed by atoms with van der Waals surface area (Å²) in [5.41, 5.74) is 2.56. The minimum atomic E-state index is 0.880. The second-order valence-electron chi connectivity index (χ2n) is 4.25. The topological polar surface area (TPSA) is 17.0 Å². The molecule has 1 heterocycles. The van der Waals surface area contributed by atoms with Crippen molar-refractivity contribution in [1.82, 2.24) is 4.57 Å². The zero-order valence-corrected chi connectivity index (χ0v) is 11.8. The van der Waals surface area contributed by atoms with Crippen molar-refractivity contribution in [2.75, 3.05) is 11.6 Å². The number of hydrogen-bond acceptors (Lipinski definition) is 2. The van der Waals surface area contributed by atoms with Crippen LogP contribution in [0.1, 0.15) is 19.0 Å². The van der Waals surface area contributed by atoms with Crippen LogP contribution in [0.4, 0.5) is 5.69 Å². The molecule has 0 radical (unpaired) electrons. The van der Waals surface area contributed by atoms with E-state index in [1.165, 1.54) is 22.7 Å². The number of aromatic nitrogens is 1. The Balaban J connectivity index is 2.04. The van der Waals surface area contributed by atoms with Crippen LogP contribution < -0.4 is 5.32 Å². The highest BCUT2D eigenvalue weighted by atomic mass is 32.2. The number of anilines is 1. The molecule has 0 aliphatic rings. The van der Waals surface area contributed by atoms with Gasteiger partial charge in [-0.05, 0) is 36.9 Å². The van der Waals surface area contributed by atoms with Gasteiger partial charge in [0.25, 0.3) is 0 Å². The van der Waals surface area contributed by atoms with Crippen LogP contribution in [0.5, 0.6) is 0 Å². The third kappa shape index (κ3) is 3.10. The maximum absolute atomic E-state index is 3.52. The fourth-order valence-electron chi connectivity index (χ4n) is 2.05. The summed E-state index contributed by atoms with van der Waals surface area (Å²) >= 11 is 1.78. The lowest BCUT2D eigenvalue weighted by Crippen LogP contribution is -2.07. The minimum absolute atomic E-state index is 0.880. The summed E-state index contributed by atoms with van der Waals surface area (Å²) in [7, 11) is 0. The van der Waals surface area contributed by atoms with Gasteiger partial charge in [-0.1, -0.05) is 19.1 Å². The lowest BCUT2D eigenvalue weighted by molar-refractivity contribution is 0.654. The predicted molar refractivity (Wildman–Crippen MR) is 80.3 cm³/mol. The van der Waals surface area contributed by atoms with Crippen molar-refractivity contribution < 1.29 is 0 Å². The van der Waals surface area contributed by atoms with Gasteiger partial charge in [0, 0.05) is 29.0 Å². The highest BCUT2D eigenvalue weighted by Crippen LogP contribution is 2.25. The fraction of sp³-hybridized carbons (Fsp3) is 0.333. The quantitative estimate of drug-likeness (QED) is 0.783. The van der Waals surface area contributed by atoms with Crippen molar-refractivity contribution in [2.45, 2.75) is 31.3 Å². The number of thioether (sulfide) groups is 1. The lowest BCUT2D eigenvalue weighted by Gasteiger charge is -2.12. The number of aryl methyl sites for hydroxylation is 1. The molecular weight excluding hydrogens is 240 g/mol. The largest absolute Gasteiger partial charge is 0.379 e. The standard InChI is InChI=1S/C15H20N2S/c1-3-10-17-11-6-7-13(17)12-16-14-8-4-5-9-15(14)18-2/h4-9,11,16H,3,10,12H2,1-2H3. The molecule has 0 aliphatic heterocycles. The van der Waals surface area contributed by atoms with Crippen molar-refractivity contribution in [3.63, 3.8) is 0 Å². The molecule has 0 spiro atoms. The summed E-state index contributed by atoms with van der Waals surface area (Å²) in [5, 5.41) is 3.52. The summed E-state index contributed by atoms with van der Waals surface area (Å²) in [6, 6.07) is 12.7. The number of nitrogens with one attached hydrogen (secondary N) is 1. The fourth-order valence-corrected chi connectivity index (χ4v) is 2.62. The molecule has 2 aromatic rings. The maximum Gasteiger partial charge on any atom is 0.0553 e. The van der Waals surface area contributed by atoms with Gasteiger partial charge in [-0.3, -0.25) is 0 Å².